The summed E-state index contributed by atoms with van der Waals surface area (Å²) < 4.78 is 41.2. The fraction of sp³-hybridized carbons (Fsp3) is 0.444. The average Bonchev–Trinajstić information content (AvgIpc) is 3.38. The van der Waals surface area contributed by atoms with Crippen molar-refractivity contribution in [3.8, 4) is 5.75 Å². The number of nitrogens with zero attached hydrogens (tertiary/aromatic N) is 3. The molecule has 1 fully saturated rings. The molecule has 1 aliphatic carbocycles. The minimum absolute atomic E-state index is 0.284. The van der Waals surface area contributed by atoms with Gasteiger partial charge in [0.05, 0.1) is 5.69 Å². The zero-order valence-electron chi connectivity index (χ0n) is 15.2. The van der Waals surface area contributed by atoms with Crippen LogP contribution in [-0.4, -0.2) is 48.4 Å². The summed E-state index contributed by atoms with van der Waals surface area (Å²) in [5.41, 5.74) is 1.39. The van der Waals surface area contributed by atoms with Gasteiger partial charge in [-0.1, -0.05) is 6.07 Å². The van der Waals surface area contributed by atoms with E-state index in [1.165, 1.54) is 18.2 Å². The highest BCUT2D eigenvalue weighted by Gasteiger charge is 2.31. The number of aromatic nitrogens is 2. The second kappa shape index (κ2) is 7.99. The summed E-state index contributed by atoms with van der Waals surface area (Å²) in [6, 6.07) is 7.52. The molecule has 0 radical (unpaired) electrons. The maximum absolute atomic E-state index is 12.4. The molecule has 1 heterocycles. The van der Waals surface area contributed by atoms with Gasteiger partial charge in [0.25, 0.3) is 0 Å². The third-order valence-electron chi connectivity index (χ3n) is 3.92. The molecule has 1 aromatic carbocycles. The highest BCUT2D eigenvalue weighted by Crippen LogP contribution is 2.40. The number of alkyl halides is 3. The minimum Gasteiger partial charge on any atom is -0.406 e. The number of likely N-dealkylation sites (N-methyl/N-ethyl adjacent to an activating group) is 1. The van der Waals surface area contributed by atoms with Crippen LogP contribution < -0.4 is 15.4 Å². The third kappa shape index (κ3) is 6.28. The van der Waals surface area contributed by atoms with Crippen molar-refractivity contribution in [2.24, 2.45) is 0 Å². The average molecular weight is 381 g/mol. The summed E-state index contributed by atoms with van der Waals surface area (Å²) in [5, 5.41) is 6.23. The van der Waals surface area contributed by atoms with Gasteiger partial charge >= 0.3 is 6.36 Å². The van der Waals surface area contributed by atoms with E-state index in [4.69, 9.17) is 0 Å². The zero-order valence-corrected chi connectivity index (χ0v) is 15.2. The number of hydrogen-bond acceptors (Lipinski definition) is 6. The zero-order chi connectivity index (χ0) is 19.4. The van der Waals surface area contributed by atoms with Crippen molar-refractivity contribution < 1.29 is 17.9 Å². The molecule has 9 heteroatoms. The Labute approximate surface area is 155 Å². The highest BCUT2D eigenvalue weighted by atomic mass is 19.4. The van der Waals surface area contributed by atoms with Crippen molar-refractivity contribution in [1.82, 2.24) is 14.9 Å². The lowest BCUT2D eigenvalue weighted by molar-refractivity contribution is -0.274. The Morgan fingerprint density at radius 1 is 1.19 bits per heavy atom. The molecule has 3 rings (SSSR count). The molecule has 27 heavy (non-hydrogen) atoms. The van der Waals surface area contributed by atoms with Crippen molar-refractivity contribution in [2.45, 2.75) is 25.1 Å². The lowest BCUT2D eigenvalue weighted by Crippen LogP contribution is -2.21. The van der Waals surface area contributed by atoms with E-state index in [1.807, 2.05) is 25.1 Å². The Kier molecular flexibility index (Phi) is 5.69. The maximum Gasteiger partial charge on any atom is 0.573 e. The van der Waals surface area contributed by atoms with Gasteiger partial charge in [-0.15, -0.1) is 13.2 Å². The molecule has 1 saturated carbocycles. The van der Waals surface area contributed by atoms with Crippen LogP contribution in [0.25, 0.3) is 0 Å². The summed E-state index contributed by atoms with van der Waals surface area (Å²) >= 11 is 0. The lowest BCUT2D eigenvalue weighted by Gasteiger charge is -2.14. The van der Waals surface area contributed by atoms with Gasteiger partial charge in [0.15, 0.2) is 0 Å². The molecule has 0 saturated heterocycles. The predicted molar refractivity (Wildman–Crippen MR) is 97.5 cm³/mol. The summed E-state index contributed by atoms with van der Waals surface area (Å²) in [6.07, 6.45) is -2.55. The molecular formula is C18H22F3N5O. The van der Waals surface area contributed by atoms with Crippen LogP contribution in [0.3, 0.4) is 0 Å². The van der Waals surface area contributed by atoms with Crippen LogP contribution in [0.15, 0.2) is 30.3 Å². The molecule has 1 aromatic heterocycles. The molecule has 0 unspecified atom stereocenters. The van der Waals surface area contributed by atoms with Gasteiger partial charge in [-0.05, 0) is 39.1 Å². The van der Waals surface area contributed by atoms with E-state index < -0.39 is 6.36 Å². The Morgan fingerprint density at radius 3 is 2.63 bits per heavy atom. The van der Waals surface area contributed by atoms with Crippen molar-refractivity contribution >= 4 is 17.5 Å². The third-order valence-corrected chi connectivity index (χ3v) is 3.92. The summed E-state index contributed by atoms with van der Waals surface area (Å²) in [4.78, 5) is 11.0. The van der Waals surface area contributed by atoms with E-state index in [9.17, 15) is 13.2 Å². The molecule has 0 amide bonds. The molecule has 0 spiro atoms. The lowest BCUT2D eigenvalue weighted by atomic mass is 10.2. The SMILES string of the molecule is CN(C)CCNc1nc(Nc2cccc(OC(F)(F)F)c2)cc(C2CC2)n1. The Balaban J connectivity index is 1.75. The van der Waals surface area contributed by atoms with Crippen LogP contribution in [0.4, 0.5) is 30.6 Å². The van der Waals surface area contributed by atoms with Crippen molar-refractivity contribution in [2.75, 3.05) is 37.8 Å². The van der Waals surface area contributed by atoms with Crippen LogP contribution in [0.5, 0.6) is 5.75 Å². The summed E-state index contributed by atoms with van der Waals surface area (Å²) in [5.74, 6) is 1.17. The first-order valence-electron chi connectivity index (χ1n) is 8.69. The number of halogens is 3. The standard InChI is InChI=1S/C18H22F3N5O/c1-26(2)9-8-22-17-24-15(12-6-7-12)11-16(25-17)23-13-4-3-5-14(10-13)27-18(19,20)21/h3-5,10-12H,6-9H2,1-2H3,(H2,22,23,24,25). The molecule has 0 bridgehead atoms. The molecule has 0 atom stereocenters. The van der Waals surface area contributed by atoms with Gasteiger partial charge in [0, 0.05) is 36.8 Å². The first kappa shape index (κ1) is 19.2. The van der Waals surface area contributed by atoms with E-state index in [0.717, 1.165) is 25.1 Å². The molecule has 2 aromatic rings. The molecule has 6 nitrogen and oxygen atoms in total. The van der Waals surface area contributed by atoms with Crippen LogP contribution in [0.1, 0.15) is 24.5 Å². The summed E-state index contributed by atoms with van der Waals surface area (Å²) in [6.45, 7) is 1.52. The van der Waals surface area contributed by atoms with Crippen molar-refractivity contribution in [3.63, 3.8) is 0 Å². The molecular weight excluding hydrogens is 359 g/mol. The van der Waals surface area contributed by atoms with E-state index in [2.05, 4.69) is 25.3 Å². The molecule has 2 N–H and O–H groups in total. The second-order valence-electron chi connectivity index (χ2n) is 6.71. The predicted octanol–water partition coefficient (Wildman–Crippen LogP) is 3.97. The van der Waals surface area contributed by atoms with Gasteiger partial charge in [-0.2, -0.15) is 4.98 Å². The highest BCUT2D eigenvalue weighted by molar-refractivity contribution is 5.59. The van der Waals surface area contributed by atoms with E-state index in [0.29, 0.717) is 29.9 Å². The number of benzene rings is 1. The Bertz CT molecular complexity index is 778. The van der Waals surface area contributed by atoms with Crippen LogP contribution in [-0.2, 0) is 0 Å². The number of rotatable bonds is 8. The van der Waals surface area contributed by atoms with E-state index in [1.54, 1.807) is 6.07 Å². The second-order valence-corrected chi connectivity index (χ2v) is 6.71. The van der Waals surface area contributed by atoms with Crippen LogP contribution >= 0.6 is 0 Å². The van der Waals surface area contributed by atoms with Gasteiger partial charge in [0.2, 0.25) is 5.95 Å². The van der Waals surface area contributed by atoms with Gasteiger partial charge in [-0.3, -0.25) is 0 Å². The Morgan fingerprint density at radius 2 is 1.96 bits per heavy atom. The largest absolute Gasteiger partial charge is 0.573 e. The number of anilines is 3. The number of ether oxygens (including phenoxy) is 1. The molecule has 146 valence electrons. The minimum atomic E-state index is -4.73. The first-order valence-corrected chi connectivity index (χ1v) is 8.69. The van der Waals surface area contributed by atoms with Crippen molar-refractivity contribution in [1.29, 1.82) is 0 Å². The van der Waals surface area contributed by atoms with Gasteiger partial charge in [0.1, 0.15) is 11.6 Å². The fourth-order valence-electron chi connectivity index (χ4n) is 2.51. The van der Waals surface area contributed by atoms with Crippen LogP contribution in [0.2, 0.25) is 0 Å². The Hall–Kier alpha value is -2.55. The van der Waals surface area contributed by atoms with E-state index >= 15 is 0 Å². The maximum atomic E-state index is 12.4. The normalized spacial score (nSPS) is 14.3. The van der Waals surface area contributed by atoms with E-state index in [-0.39, 0.29) is 5.75 Å². The molecule has 0 aliphatic heterocycles. The summed E-state index contributed by atoms with van der Waals surface area (Å²) in [7, 11) is 3.96. The van der Waals surface area contributed by atoms with Gasteiger partial charge in [-0.25, -0.2) is 4.98 Å². The van der Waals surface area contributed by atoms with Gasteiger partial charge < -0.3 is 20.3 Å². The smallest absolute Gasteiger partial charge is 0.406 e. The monoisotopic (exact) mass is 381 g/mol. The van der Waals surface area contributed by atoms with Crippen LogP contribution in [0, 0.1) is 0 Å². The molecule has 1 aliphatic rings. The topological polar surface area (TPSA) is 62.3 Å². The number of nitrogens with one attached hydrogen (secondary N) is 2. The quantitative estimate of drug-likeness (QED) is 0.722. The number of hydrogen-bond donors (Lipinski definition) is 2. The van der Waals surface area contributed by atoms with Crippen molar-refractivity contribution in [3.05, 3.63) is 36.0 Å². The fourth-order valence-corrected chi connectivity index (χ4v) is 2.51. The first-order chi connectivity index (χ1) is 12.8.